The average Bonchev–Trinajstić information content (AvgIpc) is 2.76. The molecule has 0 aliphatic carbocycles. The first kappa shape index (κ1) is 13.6. The van der Waals surface area contributed by atoms with E-state index in [9.17, 15) is 13.6 Å². The van der Waals surface area contributed by atoms with Gasteiger partial charge in [0.25, 0.3) is 0 Å². The Morgan fingerprint density at radius 2 is 2.16 bits per heavy atom. The molecule has 19 heavy (non-hydrogen) atoms. The highest BCUT2D eigenvalue weighted by molar-refractivity contribution is 7.15. The van der Waals surface area contributed by atoms with Gasteiger partial charge in [-0.05, 0) is 31.0 Å². The Balaban J connectivity index is 1.88. The van der Waals surface area contributed by atoms with E-state index in [1.54, 1.807) is 6.20 Å². The van der Waals surface area contributed by atoms with E-state index >= 15 is 0 Å². The molecule has 0 bridgehead atoms. The van der Waals surface area contributed by atoms with Crippen molar-refractivity contribution in [2.45, 2.75) is 19.8 Å². The minimum atomic E-state index is -0.895. The van der Waals surface area contributed by atoms with Crippen LogP contribution in [0.2, 0.25) is 0 Å². The smallest absolute Gasteiger partial charge is 0.226 e. The van der Waals surface area contributed by atoms with Crippen molar-refractivity contribution in [3.63, 3.8) is 0 Å². The van der Waals surface area contributed by atoms with Crippen LogP contribution in [0.15, 0.2) is 24.4 Å². The summed E-state index contributed by atoms with van der Waals surface area (Å²) in [6, 6.07) is 3.64. The first-order valence-corrected chi connectivity index (χ1v) is 6.52. The van der Waals surface area contributed by atoms with Crippen LogP contribution in [0.1, 0.15) is 16.9 Å². The van der Waals surface area contributed by atoms with Gasteiger partial charge in [-0.25, -0.2) is 13.8 Å². The van der Waals surface area contributed by atoms with E-state index in [4.69, 9.17) is 0 Å². The van der Waals surface area contributed by atoms with E-state index in [2.05, 4.69) is 10.3 Å². The number of halogens is 2. The summed E-state index contributed by atoms with van der Waals surface area (Å²) in [6.45, 7) is 1.90. The van der Waals surface area contributed by atoms with Gasteiger partial charge in [-0.3, -0.25) is 4.79 Å². The SMILES string of the molecule is Cc1cnc(NC(=O)CCc2ccc(F)c(F)c2)s1. The maximum atomic E-state index is 13.0. The maximum Gasteiger partial charge on any atom is 0.226 e. The van der Waals surface area contributed by atoms with Crippen molar-refractivity contribution in [3.05, 3.63) is 46.5 Å². The fourth-order valence-corrected chi connectivity index (χ4v) is 2.23. The van der Waals surface area contributed by atoms with Crippen LogP contribution in [-0.4, -0.2) is 10.9 Å². The number of anilines is 1. The number of thiazole rings is 1. The lowest BCUT2D eigenvalue weighted by Crippen LogP contribution is -2.12. The highest BCUT2D eigenvalue weighted by Crippen LogP contribution is 2.17. The molecule has 0 unspecified atom stereocenters. The summed E-state index contributed by atoms with van der Waals surface area (Å²) < 4.78 is 25.7. The Morgan fingerprint density at radius 3 is 2.79 bits per heavy atom. The van der Waals surface area contributed by atoms with Crippen molar-refractivity contribution in [2.24, 2.45) is 0 Å². The number of aromatic nitrogens is 1. The topological polar surface area (TPSA) is 42.0 Å². The quantitative estimate of drug-likeness (QED) is 0.935. The largest absolute Gasteiger partial charge is 0.302 e. The zero-order chi connectivity index (χ0) is 13.8. The fourth-order valence-electron chi connectivity index (χ4n) is 1.55. The predicted octanol–water partition coefficient (Wildman–Crippen LogP) is 3.30. The monoisotopic (exact) mass is 282 g/mol. The molecule has 1 aromatic heterocycles. The number of nitrogens with zero attached hydrogens (tertiary/aromatic N) is 1. The van der Waals surface area contributed by atoms with Gasteiger partial charge in [0.15, 0.2) is 16.8 Å². The van der Waals surface area contributed by atoms with E-state index in [0.29, 0.717) is 17.1 Å². The second kappa shape index (κ2) is 5.88. The van der Waals surface area contributed by atoms with Gasteiger partial charge in [-0.2, -0.15) is 0 Å². The third-order valence-electron chi connectivity index (χ3n) is 2.49. The zero-order valence-corrected chi connectivity index (χ0v) is 11.1. The Bertz CT molecular complexity index is 598. The molecule has 0 radical (unpaired) electrons. The van der Waals surface area contributed by atoms with Crippen LogP contribution >= 0.6 is 11.3 Å². The normalized spacial score (nSPS) is 10.5. The molecule has 0 fully saturated rings. The van der Waals surface area contributed by atoms with Crippen LogP contribution in [0.25, 0.3) is 0 Å². The number of amides is 1. The summed E-state index contributed by atoms with van der Waals surface area (Å²) in [5, 5.41) is 3.21. The lowest BCUT2D eigenvalue weighted by Gasteiger charge is -2.03. The Hall–Kier alpha value is -1.82. The lowest BCUT2D eigenvalue weighted by molar-refractivity contribution is -0.116. The Labute approximate surface area is 113 Å². The van der Waals surface area contributed by atoms with Crippen molar-refractivity contribution in [1.82, 2.24) is 4.98 Å². The molecule has 1 N–H and O–H groups in total. The Kier molecular flexibility index (Phi) is 4.21. The molecule has 1 heterocycles. The van der Waals surface area contributed by atoms with Crippen LogP contribution in [0.5, 0.6) is 0 Å². The van der Waals surface area contributed by atoms with Crippen molar-refractivity contribution < 1.29 is 13.6 Å². The van der Waals surface area contributed by atoms with Crippen LogP contribution in [0.4, 0.5) is 13.9 Å². The minimum absolute atomic E-state index is 0.195. The molecule has 3 nitrogen and oxygen atoms in total. The van der Waals surface area contributed by atoms with Gasteiger partial charge >= 0.3 is 0 Å². The van der Waals surface area contributed by atoms with Crippen molar-refractivity contribution in [1.29, 1.82) is 0 Å². The van der Waals surface area contributed by atoms with E-state index < -0.39 is 11.6 Å². The third kappa shape index (κ3) is 3.82. The standard InChI is InChI=1S/C13H12F2N2OS/c1-8-7-16-13(19-8)17-12(18)5-3-9-2-4-10(14)11(15)6-9/h2,4,6-7H,3,5H2,1H3,(H,16,17,18). The molecule has 6 heteroatoms. The molecule has 0 aliphatic heterocycles. The van der Waals surface area contributed by atoms with Crippen LogP contribution in [0, 0.1) is 18.6 Å². The van der Waals surface area contributed by atoms with E-state index in [1.165, 1.54) is 17.4 Å². The van der Waals surface area contributed by atoms with Crippen molar-refractivity contribution >= 4 is 22.4 Å². The van der Waals surface area contributed by atoms with Crippen LogP contribution in [-0.2, 0) is 11.2 Å². The molecule has 0 spiro atoms. The average molecular weight is 282 g/mol. The van der Waals surface area contributed by atoms with E-state index in [0.717, 1.165) is 17.0 Å². The number of benzene rings is 1. The predicted molar refractivity (Wildman–Crippen MR) is 70.2 cm³/mol. The first-order chi connectivity index (χ1) is 9.04. The molecular formula is C13H12F2N2OS. The molecule has 1 amide bonds. The summed E-state index contributed by atoms with van der Waals surface area (Å²) in [5.74, 6) is -1.97. The fraction of sp³-hybridized carbons (Fsp3) is 0.231. The highest BCUT2D eigenvalue weighted by atomic mass is 32.1. The molecule has 2 rings (SSSR count). The number of hydrogen-bond acceptors (Lipinski definition) is 3. The molecular weight excluding hydrogens is 270 g/mol. The summed E-state index contributed by atoms with van der Waals surface area (Å²) in [7, 11) is 0. The summed E-state index contributed by atoms with van der Waals surface area (Å²) in [4.78, 5) is 16.7. The zero-order valence-electron chi connectivity index (χ0n) is 10.2. The Morgan fingerprint density at radius 1 is 1.37 bits per heavy atom. The van der Waals surface area contributed by atoms with Gasteiger partial charge in [-0.1, -0.05) is 6.07 Å². The molecule has 0 saturated heterocycles. The number of rotatable bonds is 4. The molecule has 2 aromatic rings. The molecule has 0 saturated carbocycles. The summed E-state index contributed by atoms with van der Waals surface area (Å²) in [6.07, 6.45) is 2.23. The third-order valence-corrected chi connectivity index (χ3v) is 3.32. The van der Waals surface area contributed by atoms with Gasteiger partial charge < -0.3 is 5.32 Å². The van der Waals surface area contributed by atoms with Crippen LogP contribution < -0.4 is 5.32 Å². The van der Waals surface area contributed by atoms with E-state index in [1.807, 2.05) is 6.92 Å². The summed E-state index contributed by atoms with van der Waals surface area (Å²) >= 11 is 1.39. The number of carbonyl (C=O) groups excluding carboxylic acids is 1. The summed E-state index contributed by atoms with van der Waals surface area (Å²) in [5.41, 5.74) is 0.587. The maximum absolute atomic E-state index is 13.0. The minimum Gasteiger partial charge on any atom is -0.302 e. The van der Waals surface area contributed by atoms with Crippen molar-refractivity contribution in [2.75, 3.05) is 5.32 Å². The van der Waals surface area contributed by atoms with Gasteiger partial charge in [-0.15, -0.1) is 11.3 Å². The van der Waals surface area contributed by atoms with Gasteiger partial charge in [0, 0.05) is 17.5 Å². The highest BCUT2D eigenvalue weighted by Gasteiger charge is 2.07. The molecule has 0 atom stereocenters. The lowest BCUT2D eigenvalue weighted by atomic mass is 10.1. The number of carbonyl (C=O) groups is 1. The van der Waals surface area contributed by atoms with E-state index in [-0.39, 0.29) is 12.3 Å². The second-order valence-electron chi connectivity index (χ2n) is 4.07. The molecule has 0 aliphatic rings. The molecule has 1 aromatic carbocycles. The van der Waals surface area contributed by atoms with Gasteiger partial charge in [0.1, 0.15) is 0 Å². The number of aryl methyl sites for hydroxylation is 2. The molecule has 100 valence electrons. The number of nitrogens with one attached hydrogen (secondary N) is 1. The second-order valence-corrected chi connectivity index (χ2v) is 5.31. The van der Waals surface area contributed by atoms with Crippen molar-refractivity contribution in [3.8, 4) is 0 Å². The first-order valence-electron chi connectivity index (χ1n) is 5.71. The van der Waals surface area contributed by atoms with Crippen LogP contribution in [0.3, 0.4) is 0 Å². The van der Waals surface area contributed by atoms with Gasteiger partial charge in [0.05, 0.1) is 0 Å². The van der Waals surface area contributed by atoms with Gasteiger partial charge in [0.2, 0.25) is 5.91 Å². The number of hydrogen-bond donors (Lipinski definition) is 1.